The molecule has 0 amide bonds. The van der Waals surface area contributed by atoms with Crippen molar-refractivity contribution in [3.05, 3.63) is 23.4 Å². The first-order valence-corrected chi connectivity index (χ1v) is 4.70. The zero-order chi connectivity index (χ0) is 11.3. The molecule has 0 spiro atoms. The summed E-state index contributed by atoms with van der Waals surface area (Å²) in [5, 5.41) is 0. The maximum Gasteiger partial charge on any atom is 0.319 e. The van der Waals surface area contributed by atoms with E-state index in [1.807, 2.05) is 13.0 Å². The molecule has 1 rings (SSSR count). The predicted molar refractivity (Wildman–Crippen MR) is 57.1 cm³/mol. The van der Waals surface area contributed by atoms with Crippen LogP contribution in [0.3, 0.4) is 0 Å². The first-order chi connectivity index (χ1) is 7.11. The Morgan fingerprint density at radius 1 is 1.53 bits per heavy atom. The van der Waals surface area contributed by atoms with Crippen molar-refractivity contribution in [2.45, 2.75) is 13.3 Å². The van der Waals surface area contributed by atoms with Gasteiger partial charge in [0.15, 0.2) is 0 Å². The lowest BCUT2D eigenvalue weighted by Crippen LogP contribution is -2.18. The van der Waals surface area contributed by atoms with Crippen LogP contribution in [0, 0.1) is 6.92 Å². The molecule has 1 aromatic rings. The molecule has 1 aromatic heterocycles. The third kappa shape index (κ3) is 3.95. The summed E-state index contributed by atoms with van der Waals surface area (Å²) in [6.07, 6.45) is 0.553. The fourth-order valence-electron chi connectivity index (χ4n) is 1.22. The van der Waals surface area contributed by atoms with Crippen molar-refractivity contribution in [2.75, 3.05) is 18.9 Å². The van der Waals surface area contributed by atoms with E-state index < -0.39 is 5.97 Å². The average Bonchev–Trinajstić information content (AvgIpc) is 2.16. The highest BCUT2D eigenvalue weighted by Gasteiger charge is 2.01. The van der Waals surface area contributed by atoms with E-state index in [9.17, 15) is 4.79 Å². The minimum absolute atomic E-state index is 0.0939. The van der Waals surface area contributed by atoms with Gasteiger partial charge in [0.2, 0.25) is 0 Å². The molecule has 4 N–H and O–H groups in total. The van der Waals surface area contributed by atoms with E-state index in [0.29, 0.717) is 12.2 Å². The molecule has 0 fully saturated rings. The molecule has 15 heavy (non-hydrogen) atoms. The van der Waals surface area contributed by atoms with Gasteiger partial charge in [0.1, 0.15) is 5.82 Å². The number of nitrogen functional groups attached to an aromatic ring is 1. The Balaban J connectivity index is 2.47. The molecule has 5 nitrogen and oxygen atoms in total. The molecule has 0 aliphatic heterocycles. The largest absolute Gasteiger partial charge is 0.464 e. The fraction of sp³-hybridized carbons (Fsp3) is 0.400. The van der Waals surface area contributed by atoms with Crippen molar-refractivity contribution >= 4 is 11.8 Å². The summed E-state index contributed by atoms with van der Waals surface area (Å²) in [7, 11) is 0. The highest BCUT2D eigenvalue weighted by molar-refractivity contribution is 5.71. The first-order valence-electron chi connectivity index (χ1n) is 4.70. The number of aromatic nitrogens is 1. The van der Waals surface area contributed by atoms with E-state index in [1.165, 1.54) is 0 Å². The number of carbonyl (C=O) groups is 1. The Hall–Kier alpha value is -1.62. The molecule has 0 radical (unpaired) electrons. The van der Waals surface area contributed by atoms with Gasteiger partial charge < -0.3 is 16.2 Å². The highest BCUT2D eigenvalue weighted by Crippen LogP contribution is 2.06. The van der Waals surface area contributed by atoms with Gasteiger partial charge >= 0.3 is 5.97 Å². The van der Waals surface area contributed by atoms with Gasteiger partial charge in [-0.2, -0.15) is 0 Å². The van der Waals surface area contributed by atoms with Crippen LogP contribution in [0.1, 0.15) is 11.3 Å². The Morgan fingerprint density at radius 2 is 2.27 bits per heavy atom. The average molecular weight is 209 g/mol. The third-order valence-corrected chi connectivity index (χ3v) is 1.83. The van der Waals surface area contributed by atoms with E-state index >= 15 is 0 Å². The van der Waals surface area contributed by atoms with Crippen LogP contribution in [0.5, 0.6) is 0 Å². The lowest BCUT2D eigenvalue weighted by Gasteiger charge is -2.04. The van der Waals surface area contributed by atoms with Crippen LogP contribution >= 0.6 is 0 Å². The summed E-state index contributed by atoms with van der Waals surface area (Å²) in [6.45, 7) is 2.13. The number of pyridine rings is 1. The number of rotatable bonds is 4. The van der Waals surface area contributed by atoms with Crippen LogP contribution in [0.2, 0.25) is 0 Å². The number of anilines is 1. The zero-order valence-corrected chi connectivity index (χ0v) is 8.69. The Kier molecular flexibility index (Phi) is 4.05. The van der Waals surface area contributed by atoms with E-state index in [2.05, 4.69) is 4.98 Å². The molecule has 0 saturated heterocycles. The smallest absolute Gasteiger partial charge is 0.319 e. The second-order valence-corrected chi connectivity index (χ2v) is 3.24. The van der Waals surface area contributed by atoms with Crippen molar-refractivity contribution in [1.29, 1.82) is 0 Å². The van der Waals surface area contributed by atoms with Crippen LogP contribution < -0.4 is 11.5 Å². The Morgan fingerprint density at radius 3 is 2.87 bits per heavy atom. The fourth-order valence-corrected chi connectivity index (χ4v) is 1.22. The molecule has 0 atom stereocenters. The second kappa shape index (κ2) is 5.31. The normalized spacial score (nSPS) is 10.0. The molecule has 0 unspecified atom stereocenters. The minimum Gasteiger partial charge on any atom is -0.464 e. The zero-order valence-electron chi connectivity index (χ0n) is 8.69. The summed E-state index contributed by atoms with van der Waals surface area (Å²) in [4.78, 5) is 14.9. The standard InChI is InChI=1S/C10H15N3O2/c1-7-4-8(13-9(12)5-7)2-3-15-10(14)6-11/h4-5H,2-3,6,11H2,1H3,(H2,12,13). The van der Waals surface area contributed by atoms with Gasteiger partial charge in [-0.05, 0) is 24.6 Å². The van der Waals surface area contributed by atoms with Crippen LogP contribution in [-0.4, -0.2) is 24.1 Å². The molecular formula is C10H15N3O2. The maximum atomic E-state index is 10.7. The third-order valence-electron chi connectivity index (χ3n) is 1.83. The van der Waals surface area contributed by atoms with Crippen LogP contribution in [0.25, 0.3) is 0 Å². The number of carbonyl (C=O) groups excluding carboxylic acids is 1. The second-order valence-electron chi connectivity index (χ2n) is 3.24. The van der Waals surface area contributed by atoms with Crippen molar-refractivity contribution in [2.24, 2.45) is 5.73 Å². The first kappa shape index (κ1) is 11.5. The summed E-state index contributed by atoms with van der Waals surface area (Å²) in [5.41, 5.74) is 12.5. The molecule has 0 aromatic carbocycles. The maximum absolute atomic E-state index is 10.7. The van der Waals surface area contributed by atoms with E-state index in [0.717, 1.165) is 11.3 Å². The van der Waals surface area contributed by atoms with Crippen LogP contribution in [0.4, 0.5) is 5.82 Å². The number of nitrogens with zero attached hydrogens (tertiary/aromatic N) is 1. The lowest BCUT2D eigenvalue weighted by atomic mass is 10.2. The Labute approximate surface area is 88.4 Å². The summed E-state index contributed by atoms with van der Waals surface area (Å²) >= 11 is 0. The van der Waals surface area contributed by atoms with Gasteiger partial charge in [0.05, 0.1) is 13.2 Å². The quantitative estimate of drug-likeness (QED) is 0.682. The summed E-state index contributed by atoms with van der Waals surface area (Å²) < 4.78 is 4.83. The monoisotopic (exact) mass is 209 g/mol. The Bertz CT molecular complexity index is 332. The molecule has 0 saturated carbocycles. The van der Waals surface area contributed by atoms with Crippen molar-refractivity contribution in [3.63, 3.8) is 0 Å². The lowest BCUT2D eigenvalue weighted by molar-refractivity contribution is -0.141. The molecule has 1 heterocycles. The van der Waals surface area contributed by atoms with E-state index in [4.69, 9.17) is 16.2 Å². The number of esters is 1. The minimum atomic E-state index is -0.407. The SMILES string of the molecule is Cc1cc(N)nc(CCOC(=O)CN)c1. The van der Waals surface area contributed by atoms with Gasteiger partial charge in [0, 0.05) is 12.1 Å². The van der Waals surface area contributed by atoms with Crippen LogP contribution in [0.15, 0.2) is 12.1 Å². The molecule has 82 valence electrons. The van der Waals surface area contributed by atoms with Crippen molar-refractivity contribution in [3.8, 4) is 0 Å². The van der Waals surface area contributed by atoms with Gasteiger partial charge in [-0.3, -0.25) is 4.79 Å². The molecular weight excluding hydrogens is 194 g/mol. The number of nitrogens with two attached hydrogens (primary N) is 2. The van der Waals surface area contributed by atoms with Crippen molar-refractivity contribution in [1.82, 2.24) is 4.98 Å². The van der Waals surface area contributed by atoms with Gasteiger partial charge in [0.25, 0.3) is 0 Å². The van der Waals surface area contributed by atoms with Crippen LogP contribution in [-0.2, 0) is 16.0 Å². The summed E-state index contributed by atoms with van der Waals surface area (Å²) in [5.74, 6) is 0.0748. The van der Waals surface area contributed by atoms with Gasteiger partial charge in [-0.25, -0.2) is 4.98 Å². The molecule has 0 bridgehead atoms. The number of hydrogen-bond donors (Lipinski definition) is 2. The highest BCUT2D eigenvalue weighted by atomic mass is 16.5. The van der Waals surface area contributed by atoms with Crippen molar-refractivity contribution < 1.29 is 9.53 Å². The predicted octanol–water partition coefficient (Wildman–Crippen LogP) is 0.0166. The molecule has 5 heteroatoms. The van der Waals surface area contributed by atoms with Gasteiger partial charge in [-0.1, -0.05) is 0 Å². The molecule has 0 aliphatic rings. The number of ether oxygens (including phenoxy) is 1. The molecule has 0 aliphatic carbocycles. The number of hydrogen-bond acceptors (Lipinski definition) is 5. The number of aryl methyl sites for hydroxylation is 1. The van der Waals surface area contributed by atoms with E-state index in [1.54, 1.807) is 6.07 Å². The van der Waals surface area contributed by atoms with E-state index in [-0.39, 0.29) is 13.2 Å². The summed E-state index contributed by atoms with van der Waals surface area (Å²) in [6, 6.07) is 3.70. The topological polar surface area (TPSA) is 91.2 Å². The van der Waals surface area contributed by atoms with Gasteiger partial charge in [-0.15, -0.1) is 0 Å².